The molecule has 1 aromatic carbocycles. The van der Waals surface area contributed by atoms with E-state index in [1.807, 2.05) is 53.9 Å². The number of ether oxygens (including phenoxy) is 1. The molecule has 0 aliphatic heterocycles. The fourth-order valence-corrected chi connectivity index (χ4v) is 3.41. The number of hydrogen-bond donors (Lipinski definition) is 2. The van der Waals surface area contributed by atoms with Crippen LogP contribution in [0.15, 0.2) is 42.6 Å². The number of carbonyl (C=O) groups excluding carboxylic acids is 1. The van der Waals surface area contributed by atoms with Crippen molar-refractivity contribution in [1.29, 1.82) is 0 Å². The Balaban J connectivity index is 1.63. The number of nitrogens with two attached hydrogens (primary N) is 1. The van der Waals surface area contributed by atoms with Crippen molar-refractivity contribution >= 4 is 11.7 Å². The standard InChI is InChI=1S/C18H19N5O2/c1-11-21-22-17-9-6-12(10-23(11)17)25-16-8-7-15(20-18(19)24)13-4-2-3-5-14(13)16/h2-6,9-10,15-16H,7-8H2,1H3,(H3,19,20,24)/t15-,16?/m0/s1. The van der Waals surface area contributed by atoms with Gasteiger partial charge in [-0.15, -0.1) is 10.2 Å². The minimum Gasteiger partial charge on any atom is -0.484 e. The average molecular weight is 337 g/mol. The van der Waals surface area contributed by atoms with Crippen LogP contribution in [0.1, 0.15) is 41.9 Å². The molecule has 0 saturated heterocycles. The second-order valence-corrected chi connectivity index (χ2v) is 6.21. The van der Waals surface area contributed by atoms with Crippen molar-refractivity contribution in [2.75, 3.05) is 0 Å². The summed E-state index contributed by atoms with van der Waals surface area (Å²) < 4.78 is 8.15. The maximum Gasteiger partial charge on any atom is 0.312 e. The summed E-state index contributed by atoms with van der Waals surface area (Å²) in [7, 11) is 0. The molecule has 3 aromatic rings. The monoisotopic (exact) mass is 337 g/mol. The van der Waals surface area contributed by atoms with E-state index in [0.29, 0.717) is 0 Å². The summed E-state index contributed by atoms with van der Waals surface area (Å²) >= 11 is 0. The highest BCUT2D eigenvalue weighted by Crippen LogP contribution is 2.38. The minimum absolute atomic E-state index is 0.0728. The zero-order valence-electron chi connectivity index (χ0n) is 13.8. The first-order valence-corrected chi connectivity index (χ1v) is 8.24. The summed E-state index contributed by atoms with van der Waals surface area (Å²) in [5.74, 6) is 1.58. The molecule has 128 valence electrons. The zero-order chi connectivity index (χ0) is 17.4. The minimum atomic E-state index is -0.507. The number of carbonyl (C=O) groups is 1. The Kier molecular flexibility index (Phi) is 3.76. The van der Waals surface area contributed by atoms with Gasteiger partial charge in [-0.2, -0.15) is 0 Å². The SMILES string of the molecule is Cc1nnc2ccc(OC3CC[C@H](NC(N)=O)c4ccccc43)cn12. The number of urea groups is 1. The van der Waals surface area contributed by atoms with E-state index in [1.54, 1.807) is 0 Å². The molecular weight excluding hydrogens is 318 g/mol. The molecule has 2 amide bonds. The summed E-state index contributed by atoms with van der Waals surface area (Å²) in [6.07, 6.45) is 3.40. The molecule has 0 bridgehead atoms. The Morgan fingerprint density at radius 3 is 2.80 bits per heavy atom. The van der Waals surface area contributed by atoms with Crippen molar-refractivity contribution in [3.63, 3.8) is 0 Å². The molecule has 1 aliphatic rings. The Morgan fingerprint density at radius 2 is 2.00 bits per heavy atom. The fraction of sp³-hybridized carbons (Fsp3) is 0.278. The molecule has 7 heteroatoms. The van der Waals surface area contributed by atoms with Crippen LogP contribution < -0.4 is 15.8 Å². The molecule has 25 heavy (non-hydrogen) atoms. The van der Waals surface area contributed by atoms with Gasteiger partial charge in [-0.05, 0) is 43.0 Å². The molecule has 0 fully saturated rings. The highest BCUT2D eigenvalue weighted by molar-refractivity contribution is 5.72. The smallest absolute Gasteiger partial charge is 0.312 e. The van der Waals surface area contributed by atoms with Crippen LogP contribution in [0, 0.1) is 6.92 Å². The number of benzene rings is 1. The van der Waals surface area contributed by atoms with E-state index in [-0.39, 0.29) is 12.1 Å². The van der Waals surface area contributed by atoms with E-state index in [2.05, 4.69) is 15.5 Å². The Morgan fingerprint density at radius 1 is 1.20 bits per heavy atom. The van der Waals surface area contributed by atoms with Crippen LogP contribution >= 0.6 is 0 Å². The number of nitrogens with one attached hydrogen (secondary N) is 1. The molecule has 7 nitrogen and oxygen atoms in total. The van der Waals surface area contributed by atoms with E-state index in [1.165, 1.54) is 0 Å². The zero-order valence-corrected chi connectivity index (χ0v) is 13.8. The van der Waals surface area contributed by atoms with Crippen molar-refractivity contribution in [2.24, 2.45) is 5.73 Å². The Labute approximate surface area is 144 Å². The van der Waals surface area contributed by atoms with Crippen LogP contribution in [0.4, 0.5) is 4.79 Å². The maximum absolute atomic E-state index is 11.2. The Bertz CT molecular complexity index is 936. The van der Waals surface area contributed by atoms with E-state index in [4.69, 9.17) is 10.5 Å². The van der Waals surface area contributed by atoms with Crippen LogP contribution in [0.5, 0.6) is 5.75 Å². The normalized spacial score (nSPS) is 19.4. The molecular formula is C18H19N5O2. The van der Waals surface area contributed by atoms with Crippen LogP contribution in [0.2, 0.25) is 0 Å². The summed E-state index contributed by atoms with van der Waals surface area (Å²) in [6, 6.07) is 11.2. The number of aryl methyl sites for hydroxylation is 1. The van der Waals surface area contributed by atoms with Gasteiger partial charge in [-0.3, -0.25) is 4.40 Å². The van der Waals surface area contributed by atoms with Gasteiger partial charge in [-0.25, -0.2) is 4.79 Å². The van der Waals surface area contributed by atoms with E-state index < -0.39 is 6.03 Å². The Hall–Kier alpha value is -3.09. The second-order valence-electron chi connectivity index (χ2n) is 6.21. The van der Waals surface area contributed by atoms with Gasteiger partial charge in [0, 0.05) is 0 Å². The third kappa shape index (κ3) is 2.88. The molecule has 2 aromatic heterocycles. The first-order valence-electron chi connectivity index (χ1n) is 8.24. The summed E-state index contributed by atoms with van der Waals surface area (Å²) in [5.41, 5.74) is 8.22. The number of fused-ring (bicyclic) bond motifs is 2. The van der Waals surface area contributed by atoms with Gasteiger partial charge in [0.25, 0.3) is 0 Å². The van der Waals surface area contributed by atoms with Crippen LogP contribution in [-0.2, 0) is 0 Å². The predicted octanol–water partition coefficient (Wildman–Crippen LogP) is 2.66. The van der Waals surface area contributed by atoms with Crippen molar-refractivity contribution in [3.8, 4) is 5.75 Å². The quantitative estimate of drug-likeness (QED) is 0.768. The molecule has 0 radical (unpaired) electrons. The largest absolute Gasteiger partial charge is 0.484 e. The van der Waals surface area contributed by atoms with E-state index in [0.717, 1.165) is 41.2 Å². The van der Waals surface area contributed by atoms with Crippen LogP contribution in [0.25, 0.3) is 5.65 Å². The molecule has 1 aliphatic carbocycles. The van der Waals surface area contributed by atoms with Crippen molar-refractivity contribution in [1.82, 2.24) is 19.9 Å². The van der Waals surface area contributed by atoms with Crippen molar-refractivity contribution in [2.45, 2.75) is 31.9 Å². The number of aromatic nitrogens is 3. The van der Waals surface area contributed by atoms with Gasteiger partial charge in [0.2, 0.25) is 0 Å². The van der Waals surface area contributed by atoms with E-state index >= 15 is 0 Å². The third-order valence-corrected chi connectivity index (χ3v) is 4.58. The highest BCUT2D eigenvalue weighted by atomic mass is 16.5. The lowest BCUT2D eigenvalue weighted by Crippen LogP contribution is -2.36. The number of primary amides is 1. The fourth-order valence-electron chi connectivity index (χ4n) is 3.41. The van der Waals surface area contributed by atoms with Gasteiger partial charge in [-0.1, -0.05) is 24.3 Å². The number of hydrogen-bond acceptors (Lipinski definition) is 4. The molecule has 4 rings (SSSR count). The molecule has 2 heterocycles. The molecule has 0 spiro atoms. The van der Waals surface area contributed by atoms with Gasteiger partial charge in [0.15, 0.2) is 5.65 Å². The average Bonchev–Trinajstić information content (AvgIpc) is 2.97. The summed E-state index contributed by atoms with van der Waals surface area (Å²) in [6.45, 7) is 1.90. The lowest BCUT2D eigenvalue weighted by molar-refractivity contribution is 0.171. The topological polar surface area (TPSA) is 94.5 Å². The number of nitrogens with zero attached hydrogens (tertiary/aromatic N) is 3. The molecule has 2 atom stereocenters. The van der Waals surface area contributed by atoms with Crippen LogP contribution in [-0.4, -0.2) is 20.6 Å². The van der Waals surface area contributed by atoms with Crippen molar-refractivity contribution in [3.05, 3.63) is 59.5 Å². The van der Waals surface area contributed by atoms with E-state index in [9.17, 15) is 4.79 Å². The predicted molar refractivity (Wildman–Crippen MR) is 92.2 cm³/mol. The number of amides is 2. The lowest BCUT2D eigenvalue weighted by Gasteiger charge is -2.32. The first kappa shape index (κ1) is 15.4. The van der Waals surface area contributed by atoms with Crippen molar-refractivity contribution < 1.29 is 9.53 Å². The maximum atomic E-state index is 11.2. The first-order chi connectivity index (χ1) is 12.1. The lowest BCUT2D eigenvalue weighted by atomic mass is 9.85. The van der Waals surface area contributed by atoms with Gasteiger partial charge in [0.1, 0.15) is 17.7 Å². The molecule has 0 saturated carbocycles. The van der Waals surface area contributed by atoms with Crippen LogP contribution in [0.3, 0.4) is 0 Å². The van der Waals surface area contributed by atoms with Gasteiger partial charge in [0.05, 0.1) is 12.2 Å². The summed E-state index contributed by atoms with van der Waals surface area (Å²) in [5, 5.41) is 11.0. The van der Waals surface area contributed by atoms with Gasteiger partial charge < -0.3 is 15.8 Å². The number of rotatable bonds is 3. The third-order valence-electron chi connectivity index (χ3n) is 4.58. The second kappa shape index (κ2) is 6.08. The highest BCUT2D eigenvalue weighted by Gasteiger charge is 2.28. The number of pyridine rings is 1. The molecule has 1 unspecified atom stereocenters. The van der Waals surface area contributed by atoms with Gasteiger partial charge >= 0.3 is 6.03 Å². The molecule has 3 N–H and O–H groups in total. The summed E-state index contributed by atoms with van der Waals surface area (Å²) in [4.78, 5) is 11.2.